The van der Waals surface area contributed by atoms with Gasteiger partial charge in [0.2, 0.25) is 0 Å². The number of halogens is 1. The van der Waals surface area contributed by atoms with E-state index in [1.807, 2.05) is 0 Å². The molecule has 1 N–H and O–H groups in total. The van der Waals surface area contributed by atoms with E-state index >= 15 is 0 Å². The molecular formula is C8H14ClNOS. The van der Waals surface area contributed by atoms with E-state index in [4.69, 9.17) is 11.6 Å². The van der Waals surface area contributed by atoms with Crippen LogP contribution in [0.15, 0.2) is 0 Å². The van der Waals surface area contributed by atoms with Crippen molar-refractivity contribution in [1.82, 2.24) is 5.32 Å². The van der Waals surface area contributed by atoms with Crippen molar-refractivity contribution in [2.75, 3.05) is 6.26 Å². The number of amides is 1. The number of alkyl halides is 1. The average molecular weight is 208 g/mol. The van der Waals surface area contributed by atoms with Crippen LogP contribution < -0.4 is 5.32 Å². The van der Waals surface area contributed by atoms with Crippen molar-refractivity contribution in [3.63, 3.8) is 0 Å². The Balaban J connectivity index is 2.33. The normalized spacial score (nSPS) is 29.8. The first-order valence-corrected chi connectivity index (χ1v) is 5.88. The van der Waals surface area contributed by atoms with E-state index in [2.05, 4.69) is 5.32 Å². The fraction of sp³-hybridized carbons (Fsp3) is 0.875. The summed E-state index contributed by atoms with van der Waals surface area (Å²) in [5.41, 5.74) is 0. The van der Waals surface area contributed by atoms with E-state index in [1.54, 1.807) is 6.26 Å². The summed E-state index contributed by atoms with van der Waals surface area (Å²) in [6.07, 6.45) is 6.21. The molecule has 1 aliphatic rings. The van der Waals surface area contributed by atoms with Crippen LogP contribution in [0.1, 0.15) is 25.7 Å². The molecule has 0 aromatic rings. The molecule has 0 aliphatic heterocycles. The predicted octanol–water partition coefficient (Wildman–Crippen LogP) is 2.61. The molecule has 0 aromatic carbocycles. The number of hydrogen-bond acceptors (Lipinski definition) is 2. The summed E-state index contributed by atoms with van der Waals surface area (Å²) in [5, 5.41) is 3.08. The molecule has 2 unspecified atom stereocenters. The summed E-state index contributed by atoms with van der Waals surface area (Å²) in [7, 11) is 0. The minimum Gasteiger partial charge on any atom is -0.343 e. The van der Waals surface area contributed by atoms with Crippen molar-refractivity contribution >= 4 is 28.6 Å². The van der Waals surface area contributed by atoms with E-state index < -0.39 is 0 Å². The average Bonchev–Trinajstić information content (AvgIpc) is 2.09. The summed E-state index contributed by atoms with van der Waals surface area (Å²) < 4.78 is 0. The summed E-state index contributed by atoms with van der Waals surface area (Å²) in [6.45, 7) is 0. The van der Waals surface area contributed by atoms with Gasteiger partial charge in [-0.3, -0.25) is 4.79 Å². The zero-order valence-electron chi connectivity index (χ0n) is 7.18. The Kier molecular flexibility index (Phi) is 4.22. The van der Waals surface area contributed by atoms with Gasteiger partial charge in [0.15, 0.2) is 0 Å². The van der Waals surface area contributed by atoms with Crippen molar-refractivity contribution in [2.45, 2.75) is 37.1 Å². The highest BCUT2D eigenvalue weighted by Crippen LogP contribution is 2.23. The second kappa shape index (κ2) is 4.97. The van der Waals surface area contributed by atoms with Crippen LogP contribution in [0, 0.1) is 0 Å². The standard InChI is InChI=1S/C8H14ClNOS/c1-12-8(11)10-7-5-3-2-4-6(7)9/h6-7H,2-5H2,1H3,(H,10,11). The zero-order chi connectivity index (χ0) is 8.97. The summed E-state index contributed by atoms with van der Waals surface area (Å²) in [6, 6.07) is 0.195. The van der Waals surface area contributed by atoms with Gasteiger partial charge >= 0.3 is 0 Å². The van der Waals surface area contributed by atoms with Crippen LogP contribution in [0.4, 0.5) is 4.79 Å². The lowest BCUT2D eigenvalue weighted by molar-refractivity contribution is 0.253. The van der Waals surface area contributed by atoms with Gasteiger partial charge in [-0.05, 0) is 19.1 Å². The SMILES string of the molecule is CSC(=O)NC1CCCCC1Cl. The molecule has 4 heteroatoms. The van der Waals surface area contributed by atoms with Crippen molar-refractivity contribution in [3.05, 3.63) is 0 Å². The lowest BCUT2D eigenvalue weighted by Crippen LogP contribution is -2.41. The molecule has 70 valence electrons. The smallest absolute Gasteiger partial charge is 0.279 e. The molecule has 2 atom stereocenters. The Morgan fingerprint density at radius 2 is 2.17 bits per heavy atom. The van der Waals surface area contributed by atoms with Crippen LogP contribution in [0.25, 0.3) is 0 Å². The molecule has 1 fully saturated rings. The van der Waals surface area contributed by atoms with Crippen molar-refractivity contribution in [2.24, 2.45) is 0 Å². The molecule has 0 saturated heterocycles. The number of carbonyl (C=O) groups is 1. The highest BCUT2D eigenvalue weighted by Gasteiger charge is 2.23. The lowest BCUT2D eigenvalue weighted by Gasteiger charge is -2.27. The van der Waals surface area contributed by atoms with Gasteiger partial charge in [-0.15, -0.1) is 11.6 Å². The van der Waals surface area contributed by atoms with Gasteiger partial charge in [0.25, 0.3) is 5.24 Å². The summed E-state index contributed by atoms with van der Waals surface area (Å²) in [5.74, 6) is 0. The Hall–Kier alpha value is 0.110. The van der Waals surface area contributed by atoms with Crippen molar-refractivity contribution in [3.8, 4) is 0 Å². The van der Waals surface area contributed by atoms with Gasteiger partial charge in [-0.25, -0.2) is 0 Å². The van der Waals surface area contributed by atoms with Gasteiger partial charge < -0.3 is 5.32 Å². The van der Waals surface area contributed by atoms with Gasteiger partial charge in [0.05, 0.1) is 5.38 Å². The number of thioether (sulfide) groups is 1. The molecule has 0 radical (unpaired) electrons. The Bertz CT molecular complexity index is 165. The number of rotatable bonds is 1. The minimum absolute atomic E-state index is 0.0348. The van der Waals surface area contributed by atoms with E-state index in [0.29, 0.717) is 0 Å². The maximum Gasteiger partial charge on any atom is 0.279 e. The summed E-state index contributed by atoms with van der Waals surface area (Å²) in [4.78, 5) is 11.0. The third-order valence-electron chi connectivity index (χ3n) is 2.17. The van der Waals surface area contributed by atoms with Crippen LogP contribution in [0.5, 0.6) is 0 Å². The highest BCUT2D eigenvalue weighted by molar-refractivity contribution is 8.12. The Labute approximate surface area is 82.4 Å². The molecule has 0 bridgehead atoms. The summed E-state index contributed by atoms with van der Waals surface area (Å²) >= 11 is 7.27. The maximum atomic E-state index is 11.0. The van der Waals surface area contributed by atoms with E-state index in [-0.39, 0.29) is 16.7 Å². The van der Waals surface area contributed by atoms with Gasteiger partial charge in [0.1, 0.15) is 0 Å². The molecule has 12 heavy (non-hydrogen) atoms. The predicted molar refractivity (Wildman–Crippen MR) is 53.9 cm³/mol. The molecule has 0 heterocycles. The quantitative estimate of drug-likeness (QED) is 0.670. The molecule has 0 spiro atoms. The highest BCUT2D eigenvalue weighted by atomic mass is 35.5. The van der Waals surface area contributed by atoms with E-state index in [0.717, 1.165) is 12.8 Å². The monoisotopic (exact) mass is 207 g/mol. The molecule has 2 nitrogen and oxygen atoms in total. The van der Waals surface area contributed by atoms with Crippen molar-refractivity contribution < 1.29 is 4.79 Å². The van der Waals surface area contributed by atoms with Crippen LogP contribution in [-0.4, -0.2) is 22.9 Å². The van der Waals surface area contributed by atoms with E-state index in [1.165, 1.54) is 24.6 Å². The van der Waals surface area contributed by atoms with Crippen LogP contribution in [0.2, 0.25) is 0 Å². The minimum atomic E-state index is 0.0348. The van der Waals surface area contributed by atoms with Gasteiger partial charge in [-0.1, -0.05) is 24.6 Å². The Morgan fingerprint density at radius 3 is 2.75 bits per heavy atom. The van der Waals surface area contributed by atoms with Gasteiger partial charge in [-0.2, -0.15) is 0 Å². The second-order valence-corrected chi connectivity index (χ2v) is 4.38. The second-order valence-electron chi connectivity index (χ2n) is 3.04. The number of hydrogen-bond donors (Lipinski definition) is 1. The molecule has 1 aliphatic carbocycles. The molecule has 0 aromatic heterocycles. The zero-order valence-corrected chi connectivity index (χ0v) is 8.75. The molecule has 1 rings (SSSR count). The first-order valence-electron chi connectivity index (χ1n) is 4.22. The molecular weight excluding hydrogens is 194 g/mol. The van der Waals surface area contributed by atoms with Crippen LogP contribution in [0.3, 0.4) is 0 Å². The molecule has 1 amide bonds. The lowest BCUT2D eigenvalue weighted by atomic mass is 9.95. The molecule has 1 saturated carbocycles. The third kappa shape index (κ3) is 2.87. The fourth-order valence-electron chi connectivity index (χ4n) is 1.46. The largest absolute Gasteiger partial charge is 0.343 e. The fourth-order valence-corrected chi connectivity index (χ4v) is 2.07. The van der Waals surface area contributed by atoms with Crippen molar-refractivity contribution in [1.29, 1.82) is 0 Å². The Morgan fingerprint density at radius 1 is 1.50 bits per heavy atom. The first kappa shape index (κ1) is 10.2. The van der Waals surface area contributed by atoms with Crippen LogP contribution in [-0.2, 0) is 0 Å². The number of carbonyl (C=O) groups excluding carboxylic acids is 1. The van der Waals surface area contributed by atoms with Gasteiger partial charge in [0, 0.05) is 6.04 Å². The topological polar surface area (TPSA) is 29.1 Å². The van der Waals surface area contributed by atoms with E-state index in [9.17, 15) is 4.79 Å². The van der Waals surface area contributed by atoms with Crippen LogP contribution >= 0.6 is 23.4 Å². The first-order chi connectivity index (χ1) is 5.74. The number of nitrogens with one attached hydrogen (secondary N) is 1. The maximum absolute atomic E-state index is 11.0. The third-order valence-corrected chi connectivity index (χ3v) is 3.18.